The van der Waals surface area contributed by atoms with Gasteiger partial charge in [0.05, 0.1) is 17.8 Å². The van der Waals surface area contributed by atoms with Gasteiger partial charge in [0.25, 0.3) is 5.91 Å². The molecule has 0 atom stereocenters. The number of hydrogen-bond donors (Lipinski definition) is 3. The second kappa shape index (κ2) is 6.12. The first-order chi connectivity index (χ1) is 9.97. The quantitative estimate of drug-likeness (QED) is 0.727. The van der Waals surface area contributed by atoms with Crippen molar-refractivity contribution in [3.05, 3.63) is 41.1 Å². The lowest BCUT2D eigenvalue weighted by atomic mass is 10.2. The summed E-state index contributed by atoms with van der Waals surface area (Å²) in [6, 6.07) is 2.89. The first-order valence-electron chi connectivity index (χ1n) is 6.35. The topological polar surface area (TPSA) is 101 Å². The Labute approximate surface area is 121 Å². The molecule has 0 saturated carbocycles. The third kappa shape index (κ3) is 3.62. The fourth-order valence-corrected chi connectivity index (χ4v) is 1.83. The van der Waals surface area contributed by atoms with E-state index in [1.54, 1.807) is 43.9 Å². The molecule has 3 amide bonds. The molecule has 0 unspecified atom stereocenters. The number of nitrogens with one attached hydrogen (secondary N) is 3. The Hall–Kier alpha value is -2.77. The van der Waals surface area contributed by atoms with E-state index in [-0.39, 0.29) is 0 Å². The molecule has 2 rings (SSSR count). The zero-order valence-electron chi connectivity index (χ0n) is 12.1. The Morgan fingerprint density at radius 2 is 2.10 bits per heavy atom. The molecule has 0 radical (unpaired) electrons. The van der Waals surface area contributed by atoms with Gasteiger partial charge in [-0.3, -0.25) is 14.9 Å². The van der Waals surface area contributed by atoms with Gasteiger partial charge in [0.2, 0.25) is 0 Å². The van der Waals surface area contributed by atoms with Crippen LogP contribution in [0.15, 0.2) is 22.7 Å². The monoisotopic (exact) mass is 291 g/mol. The molecule has 2 aromatic heterocycles. The van der Waals surface area contributed by atoms with Crippen molar-refractivity contribution >= 4 is 11.9 Å². The van der Waals surface area contributed by atoms with Crippen LogP contribution in [0.2, 0.25) is 0 Å². The second-order valence-electron chi connectivity index (χ2n) is 4.53. The number of rotatable bonds is 3. The summed E-state index contributed by atoms with van der Waals surface area (Å²) in [4.78, 5) is 23.4. The van der Waals surface area contributed by atoms with Gasteiger partial charge in [-0.1, -0.05) is 0 Å². The normalized spacial score (nSPS) is 10.2. The maximum Gasteiger partial charge on any atom is 0.333 e. The predicted molar refractivity (Wildman–Crippen MR) is 74.2 cm³/mol. The molecule has 2 aromatic rings. The molecule has 2 heterocycles. The average Bonchev–Trinajstić information content (AvgIpc) is 2.99. The van der Waals surface area contributed by atoms with Crippen molar-refractivity contribution in [2.75, 3.05) is 0 Å². The molecule has 0 fully saturated rings. The Kier molecular flexibility index (Phi) is 4.27. The van der Waals surface area contributed by atoms with Crippen LogP contribution >= 0.6 is 0 Å². The number of carbonyl (C=O) groups is 2. The van der Waals surface area contributed by atoms with Crippen LogP contribution in [0.1, 0.15) is 27.6 Å². The number of hydrazine groups is 1. The van der Waals surface area contributed by atoms with E-state index in [2.05, 4.69) is 21.3 Å². The van der Waals surface area contributed by atoms with Crippen molar-refractivity contribution in [3.8, 4) is 0 Å². The second-order valence-corrected chi connectivity index (χ2v) is 4.53. The molecular formula is C13H17N5O3. The van der Waals surface area contributed by atoms with Crippen molar-refractivity contribution in [2.24, 2.45) is 7.05 Å². The highest BCUT2D eigenvalue weighted by Gasteiger charge is 2.14. The Balaban J connectivity index is 1.80. The van der Waals surface area contributed by atoms with Gasteiger partial charge in [-0.05, 0) is 26.0 Å². The Morgan fingerprint density at radius 3 is 2.67 bits per heavy atom. The van der Waals surface area contributed by atoms with E-state index in [1.807, 2.05) is 0 Å². The van der Waals surface area contributed by atoms with Gasteiger partial charge >= 0.3 is 6.03 Å². The number of aryl methyl sites for hydroxylation is 3. The van der Waals surface area contributed by atoms with Crippen molar-refractivity contribution in [1.29, 1.82) is 0 Å². The van der Waals surface area contributed by atoms with Crippen LogP contribution in [0, 0.1) is 13.8 Å². The average molecular weight is 291 g/mol. The van der Waals surface area contributed by atoms with E-state index >= 15 is 0 Å². The zero-order valence-corrected chi connectivity index (χ0v) is 12.1. The smallest absolute Gasteiger partial charge is 0.333 e. The van der Waals surface area contributed by atoms with Crippen molar-refractivity contribution in [3.63, 3.8) is 0 Å². The number of nitrogens with zero attached hydrogens (tertiary/aromatic N) is 2. The van der Waals surface area contributed by atoms with Gasteiger partial charge in [0, 0.05) is 13.2 Å². The van der Waals surface area contributed by atoms with Crippen LogP contribution in [-0.4, -0.2) is 21.7 Å². The minimum atomic E-state index is -0.512. The number of urea groups is 1. The number of amides is 3. The third-order valence-corrected chi connectivity index (χ3v) is 2.93. The van der Waals surface area contributed by atoms with Crippen LogP contribution < -0.4 is 16.2 Å². The largest absolute Gasteiger partial charge is 0.466 e. The fourth-order valence-electron chi connectivity index (χ4n) is 1.83. The van der Waals surface area contributed by atoms with E-state index in [9.17, 15) is 9.59 Å². The van der Waals surface area contributed by atoms with Gasteiger partial charge in [-0.25, -0.2) is 10.2 Å². The molecular weight excluding hydrogens is 274 g/mol. The highest BCUT2D eigenvalue weighted by molar-refractivity contribution is 5.96. The Bertz CT molecular complexity index is 659. The fraction of sp³-hybridized carbons (Fsp3) is 0.308. The van der Waals surface area contributed by atoms with E-state index in [1.165, 1.54) is 0 Å². The number of carbonyl (C=O) groups excluding carboxylic acids is 2. The summed E-state index contributed by atoms with van der Waals surface area (Å²) < 4.78 is 6.90. The summed E-state index contributed by atoms with van der Waals surface area (Å²) in [5.41, 5.74) is 5.83. The lowest BCUT2D eigenvalue weighted by Crippen LogP contribution is -2.46. The van der Waals surface area contributed by atoms with Crippen LogP contribution in [0.5, 0.6) is 0 Å². The van der Waals surface area contributed by atoms with Crippen LogP contribution in [0.3, 0.4) is 0 Å². The highest BCUT2D eigenvalue weighted by atomic mass is 16.3. The summed E-state index contributed by atoms with van der Waals surface area (Å²) in [6.07, 6.45) is 1.64. The van der Waals surface area contributed by atoms with Crippen molar-refractivity contribution < 1.29 is 14.0 Å². The standard InChI is InChI=1S/C13H17N5O3/c1-8-6-11(9(2)21-8)12(19)16-17-13(20)14-7-10-4-5-15-18(10)3/h4-6H,7H2,1-3H3,(H,16,19)(H2,14,17,20). The zero-order chi connectivity index (χ0) is 15.4. The van der Waals surface area contributed by atoms with Gasteiger partial charge in [-0.2, -0.15) is 5.10 Å². The summed E-state index contributed by atoms with van der Waals surface area (Å²) in [5.74, 6) is 0.709. The first kappa shape index (κ1) is 14.6. The lowest BCUT2D eigenvalue weighted by Gasteiger charge is -2.08. The number of aromatic nitrogens is 2. The van der Waals surface area contributed by atoms with Crippen LogP contribution in [0.25, 0.3) is 0 Å². The lowest BCUT2D eigenvalue weighted by molar-refractivity contribution is 0.0934. The predicted octanol–water partition coefficient (Wildman–Crippen LogP) is 0.774. The van der Waals surface area contributed by atoms with E-state index in [0.717, 1.165) is 5.69 Å². The molecule has 0 aliphatic rings. The molecule has 3 N–H and O–H groups in total. The SMILES string of the molecule is Cc1cc(C(=O)NNC(=O)NCc2ccnn2C)c(C)o1. The van der Waals surface area contributed by atoms with Crippen molar-refractivity contribution in [2.45, 2.75) is 20.4 Å². The number of hydrogen-bond acceptors (Lipinski definition) is 4. The van der Waals surface area contributed by atoms with Gasteiger partial charge < -0.3 is 9.73 Å². The highest BCUT2D eigenvalue weighted by Crippen LogP contribution is 2.12. The third-order valence-electron chi connectivity index (χ3n) is 2.93. The molecule has 0 aliphatic heterocycles. The molecule has 21 heavy (non-hydrogen) atoms. The molecule has 0 spiro atoms. The van der Waals surface area contributed by atoms with E-state index in [0.29, 0.717) is 23.6 Å². The van der Waals surface area contributed by atoms with Crippen LogP contribution in [-0.2, 0) is 13.6 Å². The maximum atomic E-state index is 11.8. The van der Waals surface area contributed by atoms with Crippen molar-refractivity contribution in [1.82, 2.24) is 25.9 Å². The molecule has 112 valence electrons. The molecule has 0 saturated heterocycles. The minimum Gasteiger partial charge on any atom is -0.466 e. The summed E-state index contributed by atoms with van der Waals surface area (Å²) in [6.45, 7) is 3.74. The molecule has 8 nitrogen and oxygen atoms in total. The van der Waals surface area contributed by atoms with Gasteiger partial charge in [0.15, 0.2) is 0 Å². The number of furan rings is 1. The van der Waals surface area contributed by atoms with Gasteiger partial charge in [0.1, 0.15) is 11.5 Å². The van der Waals surface area contributed by atoms with Gasteiger partial charge in [-0.15, -0.1) is 0 Å². The molecule has 0 bridgehead atoms. The first-order valence-corrected chi connectivity index (χ1v) is 6.35. The van der Waals surface area contributed by atoms with E-state index in [4.69, 9.17) is 4.42 Å². The van der Waals surface area contributed by atoms with Crippen LogP contribution in [0.4, 0.5) is 4.79 Å². The molecule has 8 heteroatoms. The minimum absolute atomic E-state index is 0.308. The summed E-state index contributed by atoms with van der Waals surface area (Å²) in [7, 11) is 1.78. The Morgan fingerprint density at radius 1 is 1.33 bits per heavy atom. The summed E-state index contributed by atoms with van der Waals surface area (Å²) >= 11 is 0. The molecule has 0 aromatic carbocycles. The maximum absolute atomic E-state index is 11.8. The summed E-state index contributed by atoms with van der Waals surface area (Å²) in [5, 5.41) is 6.59. The molecule has 0 aliphatic carbocycles. The van der Waals surface area contributed by atoms with E-state index < -0.39 is 11.9 Å².